The highest BCUT2D eigenvalue weighted by Gasteiger charge is 2.20. The van der Waals surface area contributed by atoms with E-state index in [1.54, 1.807) is 18.3 Å². The smallest absolute Gasteiger partial charge is 0.258 e. The van der Waals surface area contributed by atoms with Crippen molar-refractivity contribution in [3.05, 3.63) is 82.9 Å². The Balaban J connectivity index is 1.71. The molecule has 26 heavy (non-hydrogen) atoms. The summed E-state index contributed by atoms with van der Waals surface area (Å²) in [5, 5.41) is 3.67. The Labute approximate surface area is 157 Å². The molecule has 3 aromatic rings. The molecular weight excluding hydrogens is 350 g/mol. The number of aryl methyl sites for hydroxylation is 2. The van der Waals surface area contributed by atoms with Crippen LogP contribution in [0.3, 0.4) is 0 Å². The lowest BCUT2D eigenvalue weighted by molar-refractivity contribution is -0.123. The third kappa shape index (κ3) is 4.24. The summed E-state index contributed by atoms with van der Waals surface area (Å²) in [6.45, 7) is 1.80. The average molecular weight is 370 g/mol. The lowest BCUT2D eigenvalue weighted by atomic mass is 10.1. The predicted molar refractivity (Wildman–Crippen MR) is 101 cm³/mol. The highest BCUT2D eigenvalue weighted by atomic mass is 35.5. The summed E-state index contributed by atoms with van der Waals surface area (Å²) < 4.78 is 7.48. The second-order valence-corrected chi connectivity index (χ2v) is 6.41. The van der Waals surface area contributed by atoms with Crippen LogP contribution in [-0.2, 0) is 11.8 Å². The average Bonchev–Trinajstić information content (AvgIpc) is 3.07. The van der Waals surface area contributed by atoms with Crippen LogP contribution >= 0.6 is 11.6 Å². The van der Waals surface area contributed by atoms with Gasteiger partial charge in [-0.05, 0) is 36.2 Å². The van der Waals surface area contributed by atoms with E-state index in [-0.39, 0.29) is 18.6 Å². The fourth-order valence-corrected chi connectivity index (χ4v) is 2.77. The quantitative estimate of drug-likeness (QED) is 0.721. The molecule has 1 N–H and O–H groups in total. The van der Waals surface area contributed by atoms with E-state index in [0.29, 0.717) is 10.8 Å². The summed E-state index contributed by atoms with van der Waals surface area (Å²) >= 11 is 6.01. The maximum absolute atomic E-state index is 12.5. The number of aromatic nitrogens is 2. The molecule has 1 aromatic heterocycles. The van der Waals surface area contributed by atoms with Crippen molar-refractivity contribution in [2.45, 2.75) is 13.0 Å². The van der Waals surface area contributed by atoms with Gasteiger partial charge in [-0.2, -0.15) is 0 Å². The zero-order valence-electron chi connectivity index (χ0n) is 14.6. The van der Waals surface area contributed by atoms with Crippen LogP contribution in [0.25, 0.3) is 0 Å². The second kappa shape index (κ2) is 8.06. The van der Waals surface area contributed by atoms with E-state index in [2.05, 4.69) is 10.3 Å². The normalized spacial score (nSPS) is 11.8. The van der Waals surface area contributed by atoms with Gasteiger partial charge >= 0.3 is 0 Å². The van der Waals surface area contributed by atoms with Crippen LogP contribution < -0.4 is 10.1 Å². The number of carbonyl (C=O) groups is 1. The number of benzene rings is 2. The van der Waals surface area contributed by atoms with E-state index >= 15 is 0 Å². The number of halogens is 1. The molecule has 0 aliphatic heterocycles. The Morgan fingerprint density at radius 2 is 2.04 bits per heavy atom. The molecular formula is C20H20ClN3O2. The molecule has 0 saturated carbocycles. The summed E-state index contributed by atoms with van der Waals surface area (Å²) in [6.07, 6.45) is 3.56. The fourth-order valence-electron chi connectivity index (χ4n) is 2.66. The standard InChI is InChI=1S/C20H20ClN3O2/c1-14-12-16(8-9-17(14)21)26-13-18(25)23-19(15-6-4-3-5-7-15)20-22-10-11-24(20)2/h3-12,19H,13H2,1-2H3,(H,23,25). The lowest BCUT2D eigenvalue weighted by Crippen LogP contribution is -2.34. The van der Waals surface area contributed by atoms with Crippen molar-refractivity contribution in [3.63, 3.8) is 0 Å². The minimum Gasteiger partial charge on any atom is -0.484 e. The summed E-state index contributed by atoms with van der Waals surface area (Å²) in [4.78, 5) is 16.8. The Morgan fingerprint density at radius 3 is 2.69 bits per heavy atom. The Bertz CT molecular complexity index is 893. The largest absolute Gasteiger partial charge is 0.484 e. The Kier molecular flexibility index (Phi) is 5.58. The minimum absolute atomic E-state index is 0.0885. The zero-order valence-corrected chi connectivity index (χ0v) is 15.4. The number of ether oxygens (including phenoxy) is 1. The third-order valence-corrected chi connectivity index (χ3v) is 4.48. The van der Waals surface area contributed by atoms with Crippen molar-refractivity contribution in [3.8, 4) is 5.75 Å². The molecule has 3 rings (SSSR count). The van der Waals surface area contributed by atoms with Crippen LogP contribution in [0.4, 0.5) is 0 Å². The number of imidazole rings is 1. The van der Waals surface area contributed by atoms with E-state index in [1.807, 2.05) is 61.1 Å². The number of amides is 1. The molecule has 1 amide bonds. The van der Waals surface area contributed by atoms with Gasteiger partial charge in [0.1, 0.15) is 17.6 Å². The van der Waals surface area contributed by atoms with Crippen molar-refractivity contribution >= 4 is 17.5 Å². The SMILES string of the molecule is Cc1cc(OCC(=O)NC(c2ccccc2)c2nccn2C)ccc1Cl. The molecule has 6 heteroatoms. The molecule has 5 nitrogen and oxygen atoms in total. The van der Waals surface area contributed by atoms with E-state index < -0.39 is 0 Å². The molecule has 1 heterocycles. The van der Waals surface area contributed by atoms with Gasteiger partial charge in [-0.1, -0.05) is 41.9 Å². The molecule has 0 bridgehead atoms. The van der Waals surface area contributed by atoms with Gasteiger partial charge in [-0.15, -0.1) is 0 Å². The van der Waals surface area contributed by atoms with E-state index in [9.17, 15) is 4.79 Å². The van der Waals surface area contributed by atoms with Gasteiger partial charge in [0.25, 0.3) is 5.91 Å². The first kappa shape index (κ1) is 18.0. The highest BCUT2D eigenvalue weighted by Crippen LogP contribution is 2.22. The van der Waals surface area contributed by atoms with E-state index in [1.165, 1.54) is 0 Å². The van der Waals surface area contributed by atoms with Gasteiger partial charge in [0, 0.05) is 24.5 Å². The molecule has 134 valence electrons. The van der Waals surface area contributed by atoms with Gasteiger partial charge in [0.2, 0.25) is 0 Å². The van der Waals surface area contributed by atoms with Crippen molar-refractivity contribution < 1.29 is 9.53 Å². The van der Waals surface area contributed by atoms with Crippen LogP contribution in [0.5, 0.6) is 5.75 Å². The molecule has 0 aliphatic carbocycles. The molecule has 0 spiro atoms. The van der Waals surface area contributed by atoms with Gasteiger partial charge in [-0.25, -0.2) is 4.98 Å². The lowest BCUT2D eigenvalue weighted by Gasteiger charge is -2.19. The maximum atomic E-state index is 12.5. The van der Waals surface area contributed by atoms with Crippen LogP contribution in [0, 0.1) is 6.92 Å². The van der Waals surface area contributed by atoms with Crippen LogP contribution in [-0.4, -0.2) is 22.1 Å². The topological polar surface area (TPSA) is 56.1 Å². The molecule has 0 saturated heterocycles. The van der Waals surface area contributed by atoms with Gasteiger partial charge in [0.15, 0.2) is 6.61 Å². The van der Waals surface area contributed by atoms with Crippen LogP contribution in [0.2, 0.25) is 5.02 Å². The zero-order chi connectivity index (χ0) is 18.5. The van der Waals surface area contributed by atoms with Gasteiger partial charge in [-0.3, -0.25) is 4.79 Å². The maximum Gasteiger partial charge on any atom is 0.258 e. The molecule has 0 radical (unpaired) electrons. The fraction of sp³-hybridized carbons (Fsp3) is 0.200. The van der Waals surface area contributed by atoms with Crippen molar-refractivity contribution in [2.24, 2.45) is 7.05 Å². The Hall–Kier alpha value is -2.79. The van der Waals surface area contributed by atoms with Gasteiger partial charge < -0.3 is 14.6 Å². The number of nitrogens with one attached hydrogen (secondary N) is 1. The molecule has 1 unspecified atom stereocenters. The number of rotatable bonds is 6. The monoisotopic (exact) mass is 369 g/mol. The number of hydrogen-bond donors (Lipinski definition) is 1. The van der Waals surface area contributed by atoms with E-state index in [0.717, 1.165) is 17.0 Å². The molecule has 0 fully saturated rings. The van der Waals surface area contributed by atoms with Crippen LogP contribution in [0.15, 0.2) is 60.9 Å². The third-order valence-electron chi connectivity index (χ3n) is 4.05. The molecule has 2 aromatic carbocycles. The summed E-state index contributed by atoms with van der Waals surface area (Å²) in [5.41, 5.74) is 1.86. The second-order valence-electron chi connectivity index (χ2n) is 6.01. The summed E-state index contributed by atoms with van der Waals surface area (Å²) in [6, 6.07) is 14.7. The van der Waals surface area contributed by atoms with E-state index in [4.69, 9.17) is 16.3 Å². The first-order valence-corrected chi connectivity index (χ1v) is 8.63. The number of nitrogens with zero attached hydrogens (tertiary/aromatic N) is 2. The molecule has 1 atom stereocenters. The first-order chi connectivity index (χ1) is 12.5. The number of hydrogen-bond acceptors (Lipinski definition) is 3. The van der Waals surface area contributed by atoms with Gasteiger partial charge in [0.05, 0.1) is 0 Å². The number of carbonyl (C=O) groups excluding carboxylic acids is 1. The highest BCUT2D eigenvalue weighted by molar-refractivity contribution is 6.31. The first-order valence-electron chi connectivity index (χ1n) is 8.25. The van der Waals surface area contributed by atoms with Crippen molar-refractivity contribution in [2.75, 3.05) is 6.61 Å². The summed E-state index contributed by atoms with van der Waals surface area (Å²) in [5.74, 6) is 1.14. The van der Waals surface area contributed by atoms with Crippen LogP contribution in [0.1, 0.15) is 23.0 Å². The molecule has 0 aliphatic rings. The predicted octanol–water partition coefficient (Wildman–Crippen LogP) is 3.67. The van der Waals surface area contributed by atoms with Crippen molar-refractivity contribution in [1.29, 1.82) is 0 Å². The van der Waals surface area contributed by atoms with Crippen molar-refractivity contribution in [1.82, 2.24) is 14.9 Å². The summed E-state index contributed by atoms with van der Waals surface area (Å²) in [7, 11) is 1.90. The minimum atomic E-state index is -0.348. The Morgan fingerprint density at radius 1 is 1.27 bits per heavy atom.